The number of para-hydroxylation sites is 1. The number of carbonyl (C=O) groups excluding carboxylic acids is 1. The summed E-state index contributed by atoms with van der Waals surface area (Å²) in [5, 5.41) is 0. The Hall–Kier alpha value is -1.49. The Morgan fingerprint density at radius 3 is 2.89 bits per heavy atom. The van der Waals surface area contributed by atoms with E-state index in [0.717, 1.165) is 32.1 Å². The van der Waals surface area contributed by atoms with E-state index < -0.39 is 6.61 Å². The summed E-state index contributed by atoms with van der Waals surface area (Å²) >= 11 is 0. The van der Waals surface area contributed by atoms with Crippen LogP contribution in [0, 0.1) is 0 Å². The third-order valence-electron chi connectivity index (χ3n) is 3.38. The number of benzene rings is 1. The topological polar surface area (TPSA) is 29.5 Å². The molecule has 0 spiro atoms. The van der Waals surface area contributed by atoms with Crippen molar-refractivity contribution in [1.29, 1.82) is 0 Å². The lowest BCUT2D eigenvalue weighted by Crippen LogP contribution is -2.39. The van der Waals surface area contributed by atoms with Crippen LogP contribution in [0.15, 0.2) is 24.3 Å². The molecule has 1 aromatic carbocycles. The molecule has 0 amide bonds. The Bertz CT molecular complexity index is 426. The van der Waals surface area contributed by atoms with Crippen molar-refractivity contribution >= 4 is 6.29 Å². The molecule has 0 N–H and O–H groups in total. The predicted octanol–water partition coefficient (Wildman–Crippen LogP) is 2.84. The molecule has 3 nitrogen and oxygen atoms in total. The van der Waals surface area contributed by atoms with Gasteiger partial charge in [-0.1, -0.05) is 24.6 Å². The Balaban J connectivity index is 2.11. The van der Waals surface area contributed by atoms with Gasteiger partial charge in [-0.05, 0) is 25.5 Å². The number of likely N-dealkylation sites (tertiary alicyclic amines) is 1. The van der Waals surface area contributed by atoms with E-state index in [9.17, 15) is 13.6 Å². The fraction of sp³-hybridized carbons (Fsp3) is 0.500. The second-order valence-corrected chi connectivity index (χ2v) is 4.66. The number of alkyl halides is 2. The fourth-order valence-corrected chi connectivity index (χ4v) is 2.43. The summed E-state index contributed by atoms with van der Waals surface area (Å²) in [4.78, 5) is 13.0. The van der Waals surface area contributed by atoms with Crippen LogP contribution in [0.5, 0.6) is 5.75 Å². The highest BCUT2D eigenvalue weighted by atomic mass is 19.3. The predicted molar refractivity (Wildman–Crippen MR) is 67.2 cm³/mol. The monoisotopic (exact) mass is 269 g/mol. The first-order valence-corrected chi connectivity index (χ1v) is 6.43. The maximum Gasteiger partial charge on any atom is 0.387 e. The molecule has 1 aliphatic heterocycles. The van der Waals surface area contributed by atoms with Crippen LogP contribution in [-0.2, 0) is 11.3 Å². The minimum Gasteiger partial charge on any atom is -0.434 e. The average Bonchev–Trinajstić information content (AvgIpc) is 2.41. The van der Waals surface area contributed by atoms with Gasteiger partial charge in [-0.15, -0.1) is 0 Å². The molecule has 2 rings (SSSR count). The summed E-state index contributed by atoms with van der Waals surface area (Å²) in [5.41, 5.74) is 0.691. The van der Waals surface area contributed by atoms with Gasteiger partial charge >= 0.3 is 6.61 Å². The van der Waals surface area contributed by atoms with Crippen LogP contribution in [0.1, 0.15) is 24.8 Å². The lowest BCUT2D eigenvalue weighted by atomic mass is 10.0. The van der Waals surface area contributed by atoms with E-state index in [0.29, 0.717) is 12.1 Å². The Labute approximate surface area is 111 Å². The lowest BCUT2D eigenvalue weighted by Gasteiger charge is -2.32. The fourth-order valence-electron chi connectivity index (χ4n) is 2.43. The van der Waals surface area contributed by atoms with Crippen LogP contribution >= 0.6 is 0 Å². The first-order chi connectivity index (χ1) is 9.20. The quantitative estimate of drug-likeness (QED) is 0.770. The van der Waals surface area contributed by atoms with Gasteiger partial charge in [-0.2, -0.15) is 8.78 Å². The molecule has 1 fully saturated rings. The van der Waals surface area contributed by atoms with Crippen LogP contribution in [-0.4, -0.2) is 30.4 Å². The van der Waals surface area contributed by atoms with Gasteiger partial charge in [0.2, 0.25) is 0 Å². The van der Waals surface area contributed by atoms with Crippen LogP contribution < -0.4 is 4.74 Å². The number of rotatable bonds is 5. The minimum absolute atomic E-state index is 0.117. The highest BCUT2D eigenvalue weighted by Crippen LogP contribution is 2.25. The van der Waals surface area contributed by atoms with Gasteiger partial charge in [0.1, 0.15) is 12.0 Å². The molecule has 1 aliphatic rings. The van der Waals surface area contributed by atoms with E-state index in [1.807, 2.05) is 4.90 Å². The summed E-state index contributed by atoms with van der Waals surface area (Å²) in [6.07, 6.45) is 3.84. The van der Waals surface area contributed by atoms with Crippen molar-refractivity contribution in [1.82, 2.24) is 4.90 Å². The van der Waals surface area contributed by atoms with Crippen molar-refractivity contribution in [3.05, 3.63) is 29.8 Å². The van der Waals surface area contributed by atoms with Gasteiger partial charge in [0, 0.05) is 12.1 Å². The average molecular weight is 269 g/mol. The smallest absolute Gasteiger partial charge is 0.387 e. The van der Waals surface area contributed by atoms with E-state index in [1.165, 1.54) is 6.07 Å². The molecular weight excluding hydrogens is 252 g/mol. The minimum atomic E-state index is -2.83. The number of hydrogen-bond acceptors (Lipinski definition) is 3. The van der Waals surface area contributed by atoms with Gasteiger partial charge in [0.15, 0.2) is 0 Å². The Kier molecular flexibility index (Phi) is 4.85. The number of carbonyl (C=O) groups is 1. The molecule has 1 saturated heterocycles. The normalized spacial score (nSPS) is 20.5. The first-order valence-electron chi connectivity index (χ1n) is 6.43. The molecule has 1 aromatic rings. The number of ether oxygens (including phenoxy) is 1. The van der Waals surface area contributed by atoms with Crippen molar-refractivity contribution in [3.8, 4) is 5.75 Å². The van der Waals surface area contributed by atoms with Crippen molar-refractivity contribution in [3.63, 3.8) is 0 Å². The van der Waals surface area contributed by atoms with E-state index >= 15 is 0 Å². The zero-order valence-electron chi connectivity index (χ0n) is 10.6. The third kappa shape index (κ3) is 3.73. The second kappa shape index (κ2) is 6.61. The number of halogens is 2. The summed E-state index contributed by atoms with van der Waals surface area (Å²) in [6.45, 7) is -1.55. The van der Waals surface area contributed by atoms with Crippen molar-refractivity contribution < 1.29 is 18.3 Å². The first kappa shape index (κ1) is 13.9. The Morgan fingerprint density at radius 1 is 1.37 bits per heavy atom. The molecule has 1 heterocycles. The van der Waals surface area contributed by atoms with Crippen LogP contribution in [0.2, 0.25) is 0 Å². The van der Waals surface area contributed by atoms with E-state index in [2.05, 4.69) is 4.74 Å². The zero-order chi connectivity index (χ0) is 13.7. The molecule has 0 bridgehead atoms. The van der Waals surface area contributed by atoms with E-state index in [1.54, 1.807) is 18.2 Å². The summed E-state index contributed by atoms with van der Waals surface area (Å²) in [6, 6.07) is 6.62. The summed E-state index contributed by atoms with van der Waals surface area (Å²) < 4.78 is 29.2. The van der Waals surface area contributed by atoms with Gasteiger partial charge < -0.3 is 9.53 Å². The lowest BCUT2D eigenvalue weighted by molar-refractivity contribution is -0.113. The van der Waals surface area contributed by atoms with Gasteiger partial charge in [-0.25, -0.2) is 0 Å². The number of piperidine rings is 1. The molecule has 0 saturated carbocycles. The third-order valence-corrected chi connectivity index (χ3v) is 3.38. The zero-order valence-corrected chi connectivity index (χ0v) is 10.6. The van der Waals surface area contributed by atoms with Crippen molar-refractivity contribution in [2.75, 3.05) is 6.54 Å². The molecular formula is C14H17F2NO2. The summed E-state index contributed by atoms with van der Waals surface area (Å²) in [5.74, 6) is 0.188. The second-order valence-electron chi connectivity index (χ2n) is 4.66. The standard InChI is InChI=1S/C14H17F2NO2/c15-14(16)19-13-7-2-1-5-11(13)9-17-8-4-3-6-12(17)10-18/h1-2,5,7,10,12,14H,3-4,6,8-9H2. The molecule has 0 radical (unpaired) electrons. The van der Waals surface area contributed by atoms with Gasteiger partial charge in [0.05, 0.1) is 6.04 Å². The highest BCUT2D eigenvalue weighted by Gasteiger charge is 2.23. The number of nitrogens with zero attached hydrogens (tertiary/aromatic N) is 1. The number of hydrogen-bond donors (Lipinski definition) is 0. The molecule has 5 heteroatoms. The molecule has 0 aromatic heterocycles. The maximum atomic E-state index is 12.3. The molecule has 104 valence electrons. The molecule has 19 heavy (non-hydrogen) atoms. The maximum absolute atomic E-state index is 12.3. The van der Waals surface area contributed by atoms with E-state index in [4.69, 9.17) is 0 Å². The molecule has 0 aliphatic carbocycles. The van der Waals surface area contributed by atoms with Gasteiger partial charge in [0.25, 0.3) is 0 Å². The van der Waals surface area contributed by atoms with Crippen molar-refractivity contribution in [2.45, 2.75) is 38.5 Å². The van der Waals surface area contributed by atoms with Crippen LogP contribution in [0.3, 0.4) is 0 Å². The van der Waals surface area contributed by atoms with Gasteiger partial charge in [-0.3, -0.25) is 4.90 Å². The summed E-state index contributed by atoms with van der Waals surface area (Å²) in [7, 11) is 0. The van der Waals surface area contributed by atoms with E-state index in [-0.39, 0.29) is 11.8 Å². The molecule has 1 atom stereocenters. The highest BCUT2D eigenvalue weighted by molar-refractivity contribution is 5.57. The Morgan fingerprint density at radius 2 is 2.16 bits per heavy atom. The number of aldehydes is 1. The van der Waals surface area contributed by atoms with Crippen LogP contribution in [0.4, 0.5) is 8.78 Å². The molecule has 1 unspecified atom stereocenters. The largest absolute Gasteiger partial charge is 0.434 e. The van der Waals surface area contributed by atoms with Crippen molar-refractivity contribution in [2.24, 2.45) is 0 Å². The van der Waals surface area contributed by atoms with Crippen LogP contribution in [0.25, 0.3) is 0 Å². The SMILES string of the molecule is O=CC1CCCCN1Cc1ccccc1OC(F)F.